The maximum absolute atomic E-state index is 9.98. The number of ether oxygens (including phenoxy) is 1. The molecule has 1 aromatic heterocycles. The number of hydrogen-bond donors (Lipinski definition) is 2. The average molecular weight is 248 g/mol. The van der Waals surface area contributed by atoms with E-state index >= 15 is 0 Å². The number of hydrogen-bond acceptors (Lipinski definition) is 3. The third kappa shape index (κ3) is 2.27. The van der Waals surface area contributed by atoms with Crippen molar-refractivity contribution in [3.63, 3.8) is 0 Å². The molecule has 0 saturated carbocycles. The van der Waals surface area contributed by atoms with Gasteiger partial charge in [-0.25, -0.2) is 0 Å². The molecule has 4 heteroatoms. The van der Waals surface area contributed by atoms with Crippen LogP contribution >= 0.6 is 0 Å². The quantitative estimate of drug-likeness (QED) is 0.804. The monoisotopic (exact) mass is 248 g/mol. The van der Waals surface area contributed by atoms with Crippen LogP contribution < -0.4 is 5.73 Å². The molecular formula is C14H20N2O2. The molecule has 0 aliphatic carbocycles. The molecule has 0 bridgehead atoms. The molecule has 0 aliphatic heterocycles. The molecule has 0 saturated heterocycles. The minimum Gasteiger partial charge on any atom is -0.364 e. The van der Waals surface area contributed by atoms with Crippen LogP contribution in [0.2, 0.25) is 0 Å². The van der Waals surface area contributed by atoms with Gasteiger partial charge in [-0.05, 0) is 31.0 Å². The van der Waals surface area contributed by atoms with Gasteiger partial charge in [-0.15, -0.1) is 0 Å². The van der Waals surface area contributed by atoms with Crippen LogP contribution in [0.3, 0.4) is 0 Å². The van der Waals surface area contributed by atoms with Crippen LogP contribution in [0, 0.1) is 0 Å². The van der Waals surface area contributed by atoms with Gasteiger partial charge in [-0.2, -0.15) is 0 Å². The molecule has 2 aromatic rings. The van der Waals surface area contributed by atoms with Crippen molar-refractivity contribution < 1.29 is 9.84 Å². The summed E-state index contributed by atoms with van der Waals surface area (Å²) in [6.07, 6.45) is 2.59. The van der Waals surface area contributed by atoms with E-state index in [0.29, 0.717) is 6.42 Å². The summed E-state index contributed by atoms with van der Waals surface area (Å²) in [6.45, 7) is 1.59. The van der Waals surface area contributed by atoms with Gasteiger partial charge in [0, 0.05) is 31.3 Å². The average Bonchev–Trinajstić information content (AvgIpc) is 2.72. The lowest BCUT2D eigenvalue weighted by Crippen LogP contribution is -2.48. The summed E-state index contributed by atoms with van der Waals surface area (Å²) in [6, 6.07) is 7.71. The van der Waals surface area contributed by atoms with E-state index in [0.717, 1.165) is 11.1 Å². The summed E-state index contributed by atoms with van der Waals surface area (Å²) in [5.41, 5.74) is 8.30. The lowest BCUT2D eigenvalue weighted by Gasteiger charge is -2.28. The number of nitrogens with two attached hydrogens (primary N) is 1. The molecule has 4 nitrogen and oxygen atoms in total. The highest BCUT2D eigenvalue weighted by molar-refractivity contribution is 5.83. The van der Waals surface area contributed by atoms with Gasteiger partial charge in [-0.1, -0.05) is 12.1 Å². The van der Waals surface area contributed by atoms with Gasteiger partial charge >= 0.3 is 0 Å². The van der Waals surface area contributed by atoms with E-state index in [1.165, 1.54) is 12.5 Å². The number of aryl methyl sites for hydroxylation is 1. The molecule has 3 N–H and O–H groups in total. The van der Waals surface area contributed by atoms with Crippen LogP contribution in [0.1, 0.15) is 12.5 Å². The van der Waals surface area contributed by atoms with Gasteiger partial charge in [-0.3, -0.25) is 0 Å². The van der Waals surface area contributed by atoms with Crippen molar-refractivity contribution >= 4 is 10.9 Å². The van der Waals surface area contributed by atoms with Crippen molar-refractivity contribution in [1.82, 2.24) is 4.57 Å². The van der Waals surface area contributed by atoms with Gasteiger partial charge in [0.25, 0.3) is 0 Å². The Morgan fingerprint density at radius 2 is 2.17 bits per heavy atom. The zero-order chi connectivity index (χ0) is 13.3. The first-order chi connectivity index (χ1) is 8.45. The zero-order valence-electron chi connectivity index (χ0n) is 11.1. The van der Waals surface area contributed by atoms with E-state index < -0.39 is 11.8 Å². The van der Waals surface area contributed by atoms with Crippen LogP contribution in [-0.2, 0) is 18.2 Å². The number of aliphatic hydroxyl groups is 1. The molecule has 0 spiro atoms. The first-order valence-corrected chi connectivity index (χ1v) is 6.01. The van der Waals surface area contributed by atoms with Crippen LogP contribution in [0.25, 0.3) is 10.9 Å². The fourth-order valence-electron chi connectivity index (χ4n) is 2.12. The second kappa shape index (κ2) is 4.72. The molecule has 0 radical (unpaired) electrons. The Bertz CT molecular complexity index is 546. The number of benzene rings is 1. The second-order valence-corrected chi connectivity index (χ2v) is 4.85. The summed E-state index contributed by atoms with van der Waals surface area (Å²) < 4.78 is 7.08. The van der Waals surface area contributed by atoms with Gasteiger partial charge < -0.3 is 20.1 Å². The van der Waals surface area contributed by atoms with Crippen LogP contribution in [0.4, 0.5) is 0 Å². The molecule has 1 heterocycles. The Hall–Kier alpha value is -1.36. The van der Waals surface area contributed by atoms with Gasteiger partial charge in [0.15, 0.2) is 5.79 Å². The van der Waals surface area contributed by atoms with Crippen LogP contribution in [0.15, 0.2) is 30.5 Å². The predicted molar refractivity (Wildman–Crippen MR) is 72.2 cm³/mol. The third-order valence-corrected chi connectivity index (χ3v) is 3.56. The highest BCUT2D eigenvalue weighted by Gasteiger charge is 2.28. The first kappa shape index (κ1) is 13.1. The predicted octanol–water partition coefficient (Wildman–Crippen LogP) is 1.40. The summed E-state index contributed by atoms with van der Waals surface area (Å²) in [5.74, 6) is -1.31. The normalized spacial score (nSPS) is 16.7. The van der Waals surface area contributed by atoms with E-state index in [2.05, 4.69) is 16.7 Å². The number of nitrogens with zero attached hydrogens (tertiary/aromatic N) is 1. The first-order valence-electron chi connectivity index (χ1n) is 6.01. The summed E-state index contributed by atoms with van der Waals surface area (Å²) in [5, 5.41) is 11.1. The van der Waals surface area contributed by atoms with Crippen molar-refractivity contribution in [3.05, 3.63) is 36.0 Å². The molecule has 0 amide bonds. The lowest BCUT2D eigenvalue weighted by molar-refractivity contribution is -0.184. The largest absolute Gasteiger partial charge is 0.364 e. The molecule has 98 valence electrons. The fraction of sp³-hybridized carbons (Fsp3) is 0.429. The van der Waals surface area contributed by atoms with E-state index in [4.69, 9.17) is 10.5 Å². The fourth-order valence-corrected chi connectivity index (χ4v) is 2.12. The Balaban J connectivity index is 2.32. The smallest absolute Gasteiger partial charge is 0.177 e. The molecule has 1 aromatic carbocycles. The van der Waals surface area contributed by atoms with E-state index in [9.17, 15) is 5.11 Å². The third-order valence-electron chi connectivity index (χ3n) is 3.56. The summed E-state index contributed by atoms with van der Waals surface area (Å²) >= 11 is 0. The topological polar surface area (TPSA) is 60.4 Å². The van der Waals surface area contributed by atoms with Crippen LogP contribution in [-0.4, -0.2) is 28.6 Å². The maximum Gasteiger partial charge on any atom is 0.177 e. The van der Waals surface area contributed by atoms with Gasteiger partial charge in [0.1, 0.15) is 0 Å². The van der Waals surface area contributed by atoms with Crippen molar-refractivity contribution in [2.45, 2.75) is 25.2 Å². The van der Waals surface area contributed by atoms with Gasteiger partial charge in [0.2, 0.25) is 0 Å². The number of aromatic nitrogens is 1. The molecule has 0 aliphatic rings. The highest BCUT2D eigenvalue weighted by Crippen LogP contribution is 2.22. The van der Waals surface area contributed by atoms with E-state index in [1.807, 2.05) is 25.4 Å². The van der Waals surface area contributed by atoms with Crippen molar-refractivity contribution in [2.75, 3.05) is 7.11 Å². The summed E-state index contributed by atoms with van der Waals surface area (Å²) in [7, 11) is 3.47. The Morgan fingerprint density at radius 1 is 1.44 bits per heavy atom. The Morgan fingerprint density at radius 3 is 2.83 bits per heavy atom. The number of methoxy groups -OCH3 is 1. The summed E-state index contributed by atoms with van der Waals surface area (Å²) in [4.78, 5) is 0. The zero-order valence-corrected chi connectivity index (χ0v) is 11.1. The van der Waals surface area contributed by atoms with Crippen molar-refractivity contribution in [1.29, 1.82) is 0 Å². The van der Waals surface area contributed by atoms with E-state index in [1.54, 1.807) is 6.92 Å². The van der Waals surface area contributed by atoms with Crippen molar-refractivity contribution in [2.24, 2.45) is 12.8 Å². The second-order valence-electron chi connectivity index (χ2n) is 4.85. The molecule has 2 rings (SSSR count). The molecule has 0 fully saturated rings. The highest BCUT2D eigenvalue weighted by atomic mass is 16.6. The number of rotatable bonds is 4. The number of fused-ring (bicyclic) bond motifs is 1. The van der Waals surface area contributed by atoms with Gasteiger partial charge in [0.05, 0.1) is 6.04 Å². The SMILES string of the molecule is COC(C)(O)[C@@H](N)Cc1cccc2c1ccn2C. The van der Waals surface area contributed by atoms with E-state index in [-0.39, 0.29) is 0 Å². The maximum atomic E-state index is 9.98. The minimum absolute atomic E-state index is 0.465. The standard InChI is InChI=1S/C14H20N2O2/c1-14(17,18-3)13(15)9-10-5-4-6-12-11(10)7-8-16(12)2/h4-8,13,17H,9,15H2,1-3H3/t13-,14?/m0/s1. The molecular weight excluding hydrogens is 228 g/mol. The van der Waals surface area contributed by atoms with Crippen molar-refractivity contribution in [3.8, 4) is 0 Å². The minimum atomic E-state index is -1.31. The molecule has 18 heavy (non-hydrogen) atoms. The Labute approximate surface area is 107 Å². The van der Waals surface area contributed by atoms with Crippen LogP contribution in [0.5, 0.6) is 0 Å². The Kier molecular flexibility index (Phi) is 3.43. The molecule has 1 unspecified atom stereocenters. The molecule has 2 atom stereocenters. The lowest BCUT2D eigenvalue weighted by atomic mass is 9.98.